The van der Waals surface area contributed by atoms with Crippen LogP contribution in [-0.4, -0.2) is 14.3 Å². The second-order valence-corrected chi connectivity index (χ2v) is 8.21. The maximum Gasteiger partial charge on any atom is 0.238 e. The van der Waals surface area contributed by atoms with E-state index in [1.54, 1.807) is 49.4 Å². The summed E-state index contributed by atoms with van der Waals surface area (Å²) in [6.07, 6.45) is 0.571. The van der Waals surface area contributed by atoms with E-state index in [2.05, 4.69) is 5.32 Å². The SMILES string of the molecule is C[C@H](NC(=O)CCc1ccc(-c2ccccc2F)o1)c1ccc(S(N)(=O)=O)cc1. The van der Waals surface area contributed by atoms with Crippen LogP contribution in [0.25, 0.3) is 11.3 Å². The van der Waals surface area contributed by atoms with E-state index in [9.17, 15) is 17.6 Å². The van der Waals surface area contributed by atoms with Crippen LogP contribution in [0.2, 0.25) is 0 Å². The predicted octanol–water partition coefficient (Wildman–Crippen LogP) is 3.54. The summed E-state index contributed by atoms with van der Waals surface area (Å²) in [6, 6.07) is 15.5. The Morgan fingerprint density at radius 3 is 2.45 bits per heavy atom. The fourth-order valence-electron chi connectivity index (χ4n) is 2.90. The van der Waals surface area contributed by atoms with Crippen LogP contribution in [0.4, 0.5) is 4.39 Å². The van der Waals surface area contributed by atoms with Gasteiger partial charge in [0.15, 0.2) is 0 Å². The highest BCUT2D eigenvalue weighted by molar-refractivity contribution is 7.89. The van der Waals surface area contributed by atoms with E-state index in [0.29, 0.717) is 23.5 Å². The third-order valence-electron chi connectivity index (χ3n) is 4.49. The molecule has 8 heteroatoms. The van der Waals surface area contributed by atoms with E-state index in [4.69, 9.17) is 9.56 Å². The molecule has 0 saturated heterocycles. The molecule has 1 atom stereocenters. The quantitative estimate of drug-likeness (QED) is 0.615. The zero-order valence-corrected chi connectivity index (χ0v) is 16.6. The fourth-order valence-corrected chi connectivity index (χ4v) is 3.41. The predicted molar refractivity (Wildman–Crippen MR) is 107 cm³/mol. The van der Waals surface area contributed by atoms with Crippen molar-refractivity contribution in [1.29, 1.82) is 0 Å². The van der Waals surface area contributed by atoms with Crippen molar-refractivity contribution in [2.24, 2.45) is 5.14 Å². The van der Waals surface area contributed by atoms with Crippen molar-refractivity contribution < 1.29 is 22.0 Å². The van der Waals surface area contributed by atoms with E-state index < -0.39 is 10.0 Å². The Morgan fingerprint density at radius 2 is 1.79 bits per heavy atom. The van der Waals surface area contributed by atoms with Crippen LogP contribution in [0.5, 0.6) is 0 Å². The summed E-state index contributed by atoms with van der Waals surface area (Å²) in [5, 5.41) is 7.93. The van der Waals surface area contributed by atoms with Crippen molar-refractivity contribution in [3.8, 4) is 11.3 Å². The first-order chi connectivity index (χ1) is 13.7. The molecule has 0 spiro atoms. The molecular formula is C21H21FN2O4S. The first-order valence-corrected chi connectivity index (χ1v) is 10.5. The number of amides is 1. The molecular weight excluding hydrogens is 395 g/mol. The number of carbonyl (C=O) groups excluding carboxylic acids is 1. The molecule has 3 aromatic rings. The van der Waals surface area contributed by atoms with Gasteiger partial charge in [-0.25, -0.2) is 17.9 Å². The molecule has 0 aliphatic carbocycles. The van der Waals surface area contributed by atoms with Crippen LogP contribution < -0.4 is 10.5 Å². The monoisotopic (exact) mass is 416 g/mol. The molecule has 0 fully saturated rings. The molecule has 6 nitrogen and oxygen atoms in total. The van der Waals surface area contributed by atoms with E-state index in [1.807, 2.05) is 0 Å². The summed E-state index contributed by atoms with van der Waals surface area (Å²) >= 11 is 0. The number of nitrogens with one attached hydrogen (secondary N) is 1. The number of primary sulfonamides is 1. The van der Waals surface area contributed by atoms with Crippen molar-refractivity contribution in [2.45, 2.75) is 30.7 Å². The van der Waals surface area contributed by atoms with Gasteiger partial charge in [0.1, 0.15) is 17.3 Å². The number of benzene rings is 2. The largest absolute Gasteiger partial charge is 0.461 e. The average Bonchev–Trinajstić information content (AvgIpc) is 3.15. The fraction of sp³-hybridized carbons (Fsp3) is 0.190. The van der Waals surface area contributed by atoms with E-state index in [0.717, 1.165) is 5.56 Å². The molecule has 2 aromatic carbocycles. The molecule has 0 unspecified atom stereocenters. The Hall–Kier alpha value is -2.97. The van der Waals surface area contributed by atoms with Gasteiger partial charge in [-0.3, -0.25) is 4.79 Å². The van der Waals surface area contributed by atoms with Crippen LogP contribution in [0.1, 0.15) is 30.7 Å². The third-order valence-corrected chi connectivity index (χ3v) is 5.41. The highest BCUT2D eigenvalue weighted by Crippen LogP contribution is 2.25. The number of sulfonamides is 1. The molecule has 0 aliphatic heterocycles. The van der Waals surface area contributed by atoms with Crippen molar-refractivity contribution in [1.82, 2.24) is 5.32 Å². The van der Waals surface area contributed by atoms with Gasteiger partial charge in [0.25, 0.3) is 0 Å². The van der Waals surface area contributed by atoms with Crippen LogP contribution in [0.15, 0.2) is 70.0 Å². The minimum Gasteiger partial charge on any atom is -0.461 e. The van der Waals surface area contributed by atoms with Crippen molar-refractivity contribution >= 4 is 15.9 Å². The third kappa shape index (κ3) is 5.30. The summed E-state index contributed by atoms with van der Waals surface area (Å²) in [5.41, 5.74) is 1.13. The number of rotatable bonds is 7. The lowest BCUT2D eigenvalue weighted by Crippen LogP contribution is -2.26. The number of aryl methyl sites for hydroxylation is 1. The molecule has 1 aromatic heterocycles. The summed E-state index contributed by atoms with van der Waals surface area (Å²) < 4.78 is 42.1. The van der Waals surface area contributed by atoms with E-state index >= 15 is 0 Å². The average molecular weight is 416 g/mol. The highest BCUT2D eigenvalue weighted by atomic mass is 32.2. The van der Waals surface area contributed by atoms with Gasteiger partial charge < -0.3 is 9.73 Å². The molecule has 1 amide bonds. The zero-order chi connectivity index (χ0) is 21.0. The van der Waals surface area contributed by atoms with Gasteiger partial charge in [-0.05, 0) is 48.9 Å². The Kier molecular flexibility index (Phi) is 6.14. The second kappa shape index (κ2) is 8.59. The molecule has 29 heavy (non-hydrogen) atoms. The Labute approximate surface area is 168 Å². The van der Waals surface area contributed by atoms with Crippen LogP contribution in [0.3, 0.4) is 0 Å². The smallest absolute Gasteiger partial charge is 0.238 e. The topological polar surface area (TPSA) is 102 Å². The summed E-state index contributed by atoms with van der Waals surface area (Å²) in [6.45, 7) is 1.80. The molecule has 3 N–H and O–H groups in total. The lowest BCUT2D eigenvalue weighted by atomic mass is 10.1. The van der Waals surface area contributed by atoms with Crippen molar-refractivity contribution in [3.05, 3.63) is 77.8 Å². The normalized spacial score (nSPS) is 12.5. The van der Waals surface area contributed by atoms with Gasteiger partial charge in [-0.2, -0.15) is 0 Å². The first kappa shape index (κ1) is 20.8. The molecule has 152 valence electrons. The number of furan rings is 1. The number of hydrogen-bond acceptors (Lipinski definition) is 4. The van der Waals surface area contributed by atoms with Gasteiger partial charge in [-0.1, -0.05) is 24.3 Å². The number of halogens is 1. The first-order valence-electron chi connectivity index (χ1n) is 9.00. The number of hydrogen-bond donors (Lipinski definition) is 2. The minimum absolute atomic E-state index is 0.0169. The lowest BCUT2D eigenvalue weighted by molar-refractivity contribution is -0.121. The second-order valence-electron chi connectivity index (χ2n) is 6.65. The molecule has 3 rings (SSSR count). The van der Waals surface area contributed by atoms with Crippen LogP contribution >= 0.6 is 0 Å². The zero-order valence-electron chi connectivity index (χ0n) is 15.8. The maximum absolute atomic E-state index is 13.8. The van der Waals surface area contributed by atoms with Gasteiger partial charge in [0.2, 0.25) is 15.9 Å². The maximum atomic E-state index is 13.8. The molecule has 0 bridgehead atoms. The Morgan fingerprint density at radius 1 is 1.10 bits per heavy atom. The van der Waals surface area contributed by atoms with Crippen LogP contribution in [-0.2, 0) is 21.2 Å². The summed E-state index contributed by atoms with van der Waals surface area (Å²) in [4.78, 5) is 12.2. The molecule has 0 aliphatic rings. The van der Waals surface area contributed by atoms with E-state index in [-0.39, 0.29) is 29.1 Å². The van der Waals surface area contributed by atoms with E-state index in [1.165, 1.54) is 18.2 Å². The minimum atomic E-state index is -3.75. The van der Waals surface area contributed by atoms with Gasteiger partial charge in [0, 0.05) is 12.8 Å². The molecule has 0 saturated carbocycles. The number of nitrogens with two attached hydrogens (primary N) is 1. The van der Waals surface area contributed by atoms with Crippen molar-refractivity contribution in [2.75, 3.05) is 0 Å². The standard InChI is InChI=1S/C21H21FN2O4S/c1-14(15-6-10-17(11-7-15)29(23,26)27)24-21(25)13-9-16-8-12-20(28-16)18-4-2-3-5-19(18)22/h2-8,10-12,14H,9,13H2,1H3,(H,24,25)(H2,23,26,27)/t14-/m0/s1. The number of carbonyl (C=O) groups is 1. The molecule has 0 radical (unpaired) electrons. The highest BCUT2D eigenvalue weighted by Gasteiger charge is 2.14. The Bertz CT molecular complexity index is 1110. The summed E-state index contributed by atoms with van der Waals surface area (Å²) in [5.74, 6) is 0.454. The van der Waals surface area contributed by atoms with Gasteiger partial charge in [0.05, 0.1) is 16.5 Å². The van der Waals surface area contributed by atoms with Gasteiger partial charge >= 0.3 is 0 Å². The molecule has 1 heterocycles. The Balaban J connectivity index is 1.55. The van der Waals surface area contributed by atoms with Crippen molar-refractivity contribution in [3.63, 3.8) is 0 Å². The lowest BCUT2D eigenvalue weighted by Gasteiger charge is -2.14. The summed E-state index contributed by atoms with van der Waals surface area (Å²) in [7, 11) is -3.75. The van der Waals surface area contributed by atoms with Gasteiger partial charge in [-0.15, -0.1) is 0 Å². The van der Waals surface area contributed by atoms with Crippen LogP contribution in [0, 0.1) is 5.82 Å².